The van der Waals surface area contributed by atoms with E-state index in [0.29, 0.717) is 0 Å². The van der Waals surface area contributed by atoms with Crippen LogP contribution in [0.25, 0.3) is 0 Å². The fraction of sp³-hybridized carbons (Fsp3) is 0.500. The number of nitrogens with one attached hydrogen (secondary N) is 1. The van der Waals surface area contributed by atoms with E-state index in [-0.39, 0.29) is 12.2 Å². The first-order chi connectivity index (χ1) is 8.83. The van der Waals surface area contributed by atoms with Crippen LogP contribution in [0.3, 0.4) is 0 Å². The van der Waals surface area contributed by atoms with Crippen LogP contribution >= 0.6 is 0 Å². The second-order valence-corrected chi connectivity index (χ2v) is 4.05. The molecule has 19 heavy (non-hydrogen) atoms. The summed E-state index contributed by atoms with van der Waals surface area (Å²) in [6.45, 7) is 2.27. The molecule has 1 rings (SSSR count). The lowest BCUT2D eigenvalue weighted by molar-refractivity contribution is -0.136. The Kier molecular flexibility index (Phi) is 5.14. The Morgan fingerprint density at radius 3 is 2.58 bits per heavy atom. The second kappa shape index (κ2) is 6.40. The predicted molar refractivity (Wildman–Crippen MR) is 66.0 cm³/mol. The number of nitrogens with zero attached hydrogens (tertiary/aromatic N) is 2. The van der Waals surface area contributed by atoms with Crippen molar-refractivity contribution in [3.05, 3.63) is 24.0 Å². The fourth-order valence-corrected chi connectivity index (χ4v) is 1.42. The Morgan fingerprint density at radius 1 is 1.42 bits per heavy atom. The van der Waals surface area contributed by atoms with Gasteiger partial charge in [-0.05, 0) is 19.1 Å². The molecule has 0 aliphatic carbocycles. The molecule has 106 valence electrons. The zero-order valence-corrected chi connectivity index (χ0v) is 10.8. The van der Waals surface area contributed by atoms with Crippen molar-refractivity contribution in [3.8, 4) is 0 Å². The van der Waals surface area contributed by atoms with E-state index in [1.807, 2.05) is 6.92 Å². The number of aromatic nitrogens is 1. The summed E-state index contributed by atoms with van der Waals surface area (Å²) in [5.74, 6) is -0.521. The molecule has 7 heteroatoms. The Hall–Kier alpha value is -1.79. The van der Waals surface area contributed by atoms with Gasteiger partial charge in [0.15, 0.2) is 0 Å². The van der Waals surface area contributed by atoms with Crippen LogP contribution in [-0.4, -0.2) is 42.1 Å². The number of carbonyl (C=O) groups is 1. The molecule has 0 unspecified atom stereocenters. The molecule has 0 radical (unpaired) electrons. The van der Waals surface area contributed by atoms with Crippen molar-refractivity contribution < 1.29 is 18.0 Å². The standard InChI is InChI=1S/C12H16F3N3O/c1-3-16-9-4-5-10(17-8-9)11(19)18(2)7-6-12(13,14)15/h4-5,8,16H,3,6-7H2,1-2H3. The summed E-state index contributed by atoms with van der Waals surface area (Å²) in [7, 11) is 1.33. The van der Waals surface area contributed by atoms with Crippen LogP contribution in [0.5, 0.6) is 0 Å². The van der Waals surface area contributed by atoms with Gasteiger partial charge >= 0.3 is 6.18 Å². The first-order valence-electron chi connectivity index (χ1n) is 5.85. The summed E-state index contributed by atoms with van der Waals surface area (Å²) in [6, 6.07) is 3.16. The van der Waals surface area contributed by atoms with Gasteiger partial charge in [-0.25, -0.2) is 4.98 Å². The summed E-state index contributed by atoms with van der Waals surface area (Å²) >= 11 is 0. The highest BCUT2D eigenvalue weighted by molar-refractivity contribution is 5.92. The molecule has 0 bridgehead atoms. The molecule has 1 heterocycles. The third-order valence-corrected chi connectivity index (χ3v) is 2.44. The zero-order chi connectivity index (χ0) is 14.5. The normalized spacial score (nSPS) is 11.2. The average Bonchev–Trinajstić information content (AvgIpc) is 2.35. The van der Waals surface area contributed by atoms with Crippen molar-refractivity contribution in [2.24, 2.45) is 0 Å². The highest BCUT2D eigenvalue weighted by Gasteiger charge is 2.28. The van der Waals surface area contributed by atoms with Gasteiger partial charge in [-0.3, -0.25) is 4.79 Å². The molecule has 0 aliphatic heterocycles. The van der Waals surface area contributed by atoms with Gasteiger partial charge in [0.25, 0.3) is 5.91 Å². The van der Waals surface area contributed by atoms with Crippen LogP contribution in [0, 0.1) is 0 Å². The molecule has 0 aromatic carbocycles. The van der Waals surface area contributed by atoms with Crippen molar-refractivity contribution in [1.29, 1.82) is 0 Å². The molecule has 4 nitrogen and oxygen atoms in total. The highest BCUT2D eigenvalue weighted by Crippen LogP contribution is 2.19. The van der Waals surface area contributed by atoms with Crippen LogP contribution in [0.4, 0.5) is 18.9 Å². The van der Waals surface area contributed by atoms with E-state index in [2.05, 4.69) is 10.3 Å². The molecule has 0 atom stereocenters. The van der Waals surface area contributed by atoms with E-state index < -0.39 is 18.5 Å². The predicted octanol–water partition coefficient (Wildman–Crippen LogP) is 2.54. The molecule has 1 N–H and O–H groups in total. The SMILES string of the molecule is CCNc1ccc(C(=O)N(C)CCC(F)(F)F)nc1. The zero-order valence-electron chi connectivity index (χ0n) is 10.8. The Bertz CT molecular complexity index is 417. The molecule has 0 fully saturated rings. The maximum absolute atomic E-state index is 12.1. The van der Waals surface area contributed by atoms with Crippen LogP contribution in [-0.2, 0) is 0 Å². The number of amides is 1. The van der Waals surface area contributed by atoms with Gasteiger partial charge in [-0.2, -0.15) is 13.2 Å². The lowest BCUT2D eigenvalue weighted by Gasteiger charge is -2.17. The number of halogens is 3. The number of hydrogen-bond donors (Lipinski definition) is 1. The van der Waals surface area contributed by atoms with Gasteiger partial charge in [0.2, 0.25) is 0 Å². The smallest absolute Gasteiger partial charge is 0.384 e. The van der Waals surface area contributed by atoms with Crippen LogP contribution in [0.2, 0.25) is 0 Å². The van der Waals surface area contributed by atoms with E-state index in [1.54, 1.807) is 6.07 Å². The Labute approximate surface area is 109 Å². The molecule has 0 saturated heterocycles. The lowest BCUT2D eigenvalue weighted by atomic mass is 10.3. The number of rotatable bonds is 5. The van der Waals surface area contributed by atoms with Crippen molar-refractivity contribution in [3.63, 3.8) is 0 Å². The maximum Gasteiger partial charge on any atom is 0.390 e. The third-order valence-electron chi connectivity index (χ3n) is 2.44. The van der Waals surface area contributed by atoms with Crippen LogP contribution < -0.4 is 5.32 Å². The summed E-state index contributed by atoms with van der Waals surface area (Å²) < 4.78 is 36.2. The first kappa shape index (κ1) is 15.3. The molecule has 0 spiro atoms. The van der Waals surface area contributed by atoms with E-state index in [9.17, 15) is 18.0 Å². The third kappa shape index (κ3) is 5.15. The van der Waals surface area contributed by atoms with E-state index in [4.69, 9.17) is 0 Å². The molecule has 0 saturated carbocycles. The highest BCUT2D eigenvalue weighted by atomic mass is 19.4. The van der Waals surface area contributed by atoms with Crippen LogP contribution in [0.15, 0.2) is 18.3 Å². The lowest BCUT2D eigenvalue weighted by Crippen LogP contribution is -2.31. The molecule has 1 amide bonds. The number of hydrogen-bond acceptors (Lipinski definition) is 3. The minimum atomic E-state index is -4.27. The molecule has 1 aromatic rings. The molecular weight excluding hydrogens is 259 g/mol. The second-order valence-electron chi connectivity index (χ2n) is 4.05. The van der Waals surface area contributed by atoms with Gasteiger partial charge in [-0.1, -0.05) is 0 Å². The summed E-state index contributed by atoms with van der Waals surface area (Å²) in [6.07, 6.45) is -3.81. The number of anilines is 1. The van der Waals surface area contributed by atoms with Crippen molar-refractivity contribution in [2.75, 3.05) is 25.5 Å². The quantitative estimate of drug-likeness (QED) is 0.898. The van der Waals surface area contributed by atoms with Crippen molar-refractivity contribution in [1.82, 2.24) is 9.88 Å². The van der Waals surface area contributed by atoms with Crippen LogP contribution in [0.1, 0.15) is 23.8 Å². The number of carbonyl (C=O) groups excluding carboxylic acids is 1. The summed E-state index contributed by atoms with van der Waals surface area (Å²) in [5, 5.41) is 3.01. The molecule has 1 aromatic heterocycles. The molecule has 0 aliphatic rings. The summed E-state index contributed by atoms with van der Waals surface area (Å²) in [5.41, 5.74) is 0.892. The van der Waals surface area contributed by atoms with E-state index in [0.717, 1.165) is 17.1 Å². The number of alkyl halides is 3. The van der Waals surface area contributed by atoms with Gasteiger partial charge in [0.05, 0.1) is 18.3 Å². The number of pyridine rings is 1. The van der Waals surface area contributed by atoms with Gasteiger partial charge < -0.3 is 10.2 Å². The minimum Gasteiger partial charge on any atom is -0.384 e. The Balaban J connectivity index is 2.61. The van der Waals surface area contributed by atoms with Gasteiger partial charge in [0.1, 0.15) is 5.69 Å². The minimum absolute atomic E-state index is 0.131. The van der Waals surface area contributed by atoms with Gasteiger partial charge in [0, 0.05) is 20.1 Å². The topological polar surface area (TPSA) is 45.2 Å². The van der Waals surface area contributed by atoms with Crippen molar-refractivity contribution >= 4 is 11.6 Å². The Morgan fingerprint density at radius 2 is 2.11 bits per heavy atom. The molecular formula is C12H16F3N3O. The largest absolute Gasteiger partial charge is 0.390 e. The monoisotopic (exact) mass is 275 g/mol. The van der Waals surface area contributed by atoms with Crippen molar-refractivity contribution in [2.45, 2.75) is 19.5 Å². The maximum atomic E-state index is 12.1. The summed E-state index contributed by atoms with van der Waals surface area (Å²) in [4.78, 5) is 16.8. The fourth-order valence-electron chi connectivity index (χ4n) is 1.42. The van der Waals surface area contributed by atoms with E-state index in [1.165, 1.54) is 19.3 Å². The average molecular weight is 275 g/mol. The van der Waals surface area contributed by atoms with Gasteiger partial charge in [-0.15, -0.1) is 0 Å². The van der Waals surface area contributed by atoms with E-state index >= 15 is 0 Å². The first-order valence-corrected chi connectivity index (χ1v) is 5.85.